The summed E-state index contributed by atoms with van der Waals surface area (Å²) < 4.78 is 0. The smallest absolute Gasteiger partial charge is 0.0429 e. The molecule has 2 aromatic rings. The number of nitrogens with zero attached hydrogens (tertiary/aromatic N) is 1. The maximum absolute atomic E-state index is 5.61. The summed E-state index contributed by atoms with van der Waals surface area (Å²) >= 11 is 0. The van der Waals surface area contributed by atoms with E-state index in [1.165, 1.54) is 28.8 Å². The van der Waals surface area contributed by atoms with Crippen LogP contribution in [0.4, 0.5) is 5.69 Å². The Bertz CT molecular complexity index is 563. The van der Waals surface area contributed by atoms with Crippen LogP contribution in [0.15, 0.2) is 48.5 Å². The number of rotatable bonds is 5. The summed E-state index contributed by atoms with van der Waals surface area (Å²) in [5.74, 6) is 0. The predicted octanol–water partition coefficient (Wildman–Crippen LogP) is 3.14. The van der Waals surface area contributed by atoms with Gasteiger partial charge in [0.05, 0.1) is 0 Å². The monoisotopic (exact) mass is 266 g/mol. The molecule has 0 bridgehead atoms. The third-order valence-electron chi connectivity index (χ3n) is 4.03. The fraction of sp³-hybridized carbons (Fsp3) is 0.333. The standard InChI is InChI=1S/C18H22N2/c19-11-4-7-15-8-9-17-10-12-20(18(17)13-15)14-16-5-2-1-3-6-16/h1-3,5-6,8-9,13H,4,7,10-12,14,19H2. The lowest BCUT2D eigenvalue weighted by Crippen LogP contribution is -2.19. The lowest BCUT2D eigenvalue weighted by Gasteiger charge is -2.20. The van der Waals surface area contributed by atoms with E-state index in [2.05, 4.69) is 53.4 Å². The maximum atomic E-state index is 5.61. The second kappa shape index (κ2) is 6.10. The van der Waals surface area contributed by atoms with Gasteiger partial charge in [0.15, 0.2) is 0 Å². The third-order valence-corrected chi connectivity index (χ3v) is 4.03. The molecule has 2 aromatic carbocycles. The van der Waals surface area contributed by atoms with Crippen LogP contribution in [0.2, 0.25) is 0 Å². The van der Waals surface area contributed by atoms with Gasteiger partial charge < -0.3 is 10.6 Å². The Hall–Kier alpha value is -1.80. The molecule has 2 N–H and O–H groups in total. The molecule has 0 atom stereocenters. The van der Waals surface area contributed by atoms with Crippen LogP contribution in [0, 0.1) is 0 Å². The van der Waals surface area contributed by atoms with Crippen molar-refractivity contribution in [1.29, 1.82) is 0 Å². The predicted molar refractivity (Wildman–Crippen MR) is 85.0 cm³/mol. The zero-order valence-corrected chi connectivity index (χ0v) is 11.9. The van der Waals surface area contributed by atoms with Crippen LogP contribution in [0.25, 0.3) is 0 Å². The molecule has 1 heterocycles. The summed E-state index contributed by atoms with van der Waals surface area (Å²) in [7, 11) is 0. The third kappa shape index (κ3) is 2.86. The summed E-state index contributed by atoms with van der Waals surface area (Å²) in [4.78, 5) is 2.50. The van der Waals surface area contributed by atoms with Crippen LogP contribution < -0.4 is 10.6 Å². The van der Waals surface area contributed by atoms with Gasteiger partial charge in [0, 0.05) is 18.8 Å². The van der Waals surface area contributed by atoms with E-state index >= 15 is 0 Å². The maximum Gasteiger partial charge on any atom is 0.0429 e. The van der Waals surface area contributed by atoms with Gasteiger partial charge >= 0.3 is 0 Å². The number of hydrogen-bond acceptors (Lipinski definition) is 2. The number of hydrogen-bond donors (Lipinski definition) is 1. The number of nitrogens with two attached hydrogens (primary N) is 1. The van der Waals surface area contributed by atoms with Crippen LogP contribution >= 0.6 is 0 Å². The van der Waals surface area contributed by atoms with Gasteiger partial charge in [-0.2, -0.15) is 0 Å². The summed E-state index contributed by atoms with van der Waals surface area (Å²) in [6.07, 6.45) is 3.32. The molecule has 0 saturated heterocycles. The van der Waals surface area contributed by atoms with Crippen LogP contribution in [0.3, 0.4) is 0 Å². The van der Waals surface area contributed by atoms with Crippen molar-refractivity contribution in [3.8, 4) is 0 Å². The van der Waals surface area contributed by atoms with E-state index in [1.54, 1.807) is 0 Å². The molecule has 0 amide bonds. The average Bonchev–Trinajstić information content (AvgIpc) is 2.89. The molecule has 1 aliphatic heterocycles. The van der Waals surface area contributed by atoms with Crippen LogP contribution in [-0.2, 0) is 19.4 Å². The summed E-state index contributed by atoms with van der Waals surface area (Å²) in [5, 5.41) is 0. The lowest BCUT2D eigenvalue weighted by atomic mass is 10.1. The second-order valence-electron chi connectivity index (χ2n) is 5.51. The van der Waals surface area contributed by atoms with E-state index in [-0.39, 0.29) is 0 Å². The molecular formula is C18H22N2. The first-order valence-electron chi connectivity index (χ1n) is 7.47. The van der Waals surface area contributed by atoms with Gasteiger partial charge in [-0.25, -0.2) is 0 Å². The SMILES string of the molecule is NCCCc1ccc2c(c1)N(Cc1ccccc1)CC2. The fourth-order valence-electron chi connectivity index (χ4n) is 2.92. The van der Waals surface area contributed by atoms with E-state index in [4.69, 9.17) is 5.73 Å². The van der Waals surface area contributed by atoms with E-state index in [1.807, 2.05) is 0 Å². The van der Waals surface area contributed by atoms with Crippen LogP contribution in [0.1, 0.15) is 23.1 Å². The van der Waals surface area contributed by atoms with Gasteiger partial charge in [0.2, 0.25) is 0 Å². The van der Waals surface area contributed by atoms with Crippen molar-refractivity contribution in [2.45, 2.75) is 25.8 Å². The Labute approximate surface area is 121 Å². The molecule has 1 aliphatic rings. The second-order valence-corrected chi connectivity index (χ2v) is 5.51. The summed E-state index contributed by atoms with van der Waals surface area (Å²) in [6.45, 7) is 2.91. The Balaban J connectivity index is 1.77. The highest BCUT2D eigenvalue weighted by atomic mass is 15.1. The first kappa shape index (κ1) is 13.2. The number of anilines is 1. The molecule has 0 radical (unpaired) electrons. The molecule has 104 valence electrons. The summed E-state index contributed by atoms with van der Waals surface area (Å²) in [6, 6.07) is 17.6. The zero-order valence-electron chi connectivity index (χ0n) is 11.9. The molecule has 0 unspecified atom stereocenters. The van der Waals surface area contributed by atoms with E-state index < -0.39 is 0 Å². The van der Waals surface area contributed by atoms with Gasteiger partial charge in [-0.3, -0.25) is 0 Å². The minimum Gasteiger partial charge on any atom is -0.367 e. The van der Waals surface area contributed by atoms with Crippen LogP contribution in [-0.4, -0.2) is 13.1 Å². The highest BCUT2D eigenvalue weighted by Gasteiger charge is 2.19. The Kier molecular flexibility index (Phi) is 4.03. The zero-order chi connectivity index (χ0) is 13.8. The number of benzene rings is 2. The normalized spacial score (nSPS) is 13.6. The van der Waals surface area contributed by atoms with Crippen molar-refractivity contribution in [2.75, 3.05) is 18.0 Å². The quantitative estimate of drug-likeness (QED) is 0.901. The highest BCUT2D eigenvalue weighted by molar-refractivity contribution is 5.59. The Morgan fingerprint density at radius 1 is 1.00 bits per heavy atom. The Morgan fingerprint density at radius 3 is 2.65 bits per heavy atom. The van der Waals surface area contributed by atoms with Gasteiger partial charge in [0.25, 0.3) is 0 Å². The van der Waals surface area contributed by atoms with Gasteiger partial charge in [-0.15, -0.1) is 0 Å². The minimum absolute atomic E-state index is 0.769. The van der Waals surface area contributed by atoms with Gasteiger partial charge in [-0.05, 0) is 48.6 Å². The molecule has 0 saturated carbocycles. The van der Waals surface area contributed by atoms with Crippen molar-refractivity contribution in [2.24, 2.45) is 5.73 Å². The molecule has 2 nitrogen and oxygen atoms in total. The fourth-order valence-corrected chi connectivity index (χ4v) is 2.92. The van der Waals surface area contributed by atoms with Gasteiger partial charge in [0.1, 0.15) is 0 Å². The first-order chi connectivity index (χ1) is 9.86. The van der Waals surface area contributed by atoms with Crippen molar-refractivity contribution in [3.05, 3.63) is 65.2 Å². The largest absolute Gasteiger partial charge is 0.367 e. The highest BCUT2D eigenvalue weighted by Crippen LogP contribution is 2.30. The van der Waals surface area contributed by atoms with Crippen molar-refractivity contribution < 1.29 is 0 Å². The molecule has 0 aliphatic carbocycles. The van der Waals surface area contributed by atoms with Crippen molar-refractivity contribution in [1.82, 2.24) is 0 Å². The number of aryl methyl sites for hydroxylation is 1. The molecule has 3 rings (SSSR count). The summed E-state index contributed by atoms with van der Waals surface area (Å²) in [5.41, 5.74) is 11.3. The van der Waals surface area contributed by atoms with E-state index in [9.17, 15) is 0 Å². The molecule has 0 spiro atoms. The Morgan fingerprint density at radius 2 is 1.85 bits per heavy atom. The van der Waals surface area contributed by atoms with E-state index in [0.717, 1.165) is 32.5 Å². The molecule has 0 aromatic heterocycles. The first-order valence-corrected chi connectivity index (χ1v) is 7.47. The molecule has 20 heavy (non-hydrogen) atoms. The average molecular weight is 266 g/mol. The molecular weight excluding hydrogens is 244 g/mol. The van der Waals surface area contributed by atoms with Gasteiger partial charge in [-0.1, -0.05) is 42.5 Å². The van der Waals surface area contributed by atoms with Crippen molar-refractivity contribution in [3.63, 3.8) is 0 Å². The van der Waals surface area contributed by atoms with Crippen molar-refractivity contribution >= 4 is 5.69 Å². The molecule has 2 heteroatoms. The topological polar surface area (TPSA) is 29.3 Å². The lowest BCUT2D eigenvalue weighted by molar-refractivity contribution is 0.825. The van der Waals surface area contributed by atoms with E-state index in [0.29, 0.717) is 0 Å². The number of fused-ring (bicyclic) bond motifs is 1. The molecule has 0 fully saturated rings. The minimum atomic E-state index is 0.769. The van der Waals surface area contributed by atoms with Crippen LogP contribution in [0.5, 0.6) is 0 Å².